The number of carbonyl (C=O) groups excluding carboxylic acids is 5. The van der Waals surface area contributed by atoms with Gasteiger partial charge in [-0.25, -0.2) is 0 Å². The van der Waals surface area contributed by atoms with Crippen LogP contribution in [0.25, 0.3) is 0 Å². The van der Waals surface area contributed by atoms with Gasteiger partial charge in [0.1, 0.15) is 12.1 Å². The maximum atomic E-state index is 13.0. The van der Waals surface area contributed by atoms with Crippen LogP contribution in [0.2, 0.25) is 0 Å². The molecular weight excluding hydrogens is 512 g/mol. The number of nitrogens with zero attached hydrogens (tertiary/aromatic N) is 3. The van der Waals surface area contributed by atoms with Crippen LogP contribution in [0, 0.1) is 0 Å². The summed E-state index contributed by atoms with van der Waals surface area (Å²) in [6.07, 6.45) is -0.238. The third-order valence-electron chi connectivity index (χ3n) is 5.91. The molecule has 1 aliphatic rings. The highest BCUT2D eigenvalue weighted by Crippen LogP contribution is 2.11. The SMILES string of the molecule is CN1CC(=O)N(C)[C@@H](CCCN=C(N)N)C(=O)NCC(=O)N[C@@H](CC(=O)O)C(=O)NCc2cccc(c2)C1=O. The lowest BCUT2D eigenvalue weighted by Crippen LogP contribution is -2.53. The quantitative estimate of drug-likeness (QED) is 0.124. The van der Waals surface area contributed by atoms with E-state index in [1.165, 1.54) is 30.0 Å². The fraction of sp³-hybridized carbons (Fsp3) is 0.458. The molecule has 2 bridgehead atoms. The molecule has 1 aliphatic heterocycles. The lowest BCUT2D eigenvalue weighted by atomic mass is 10.1. The number of rotatable bonds is 6. The summed E-state index contributed by atoms with van der Waals surface area (Å²) < 4.78 is 0. The van der Waals surface area contributed by atoms with Gasteiger partial charge >= 0.3 is 5.97 Å². The van der Waals surface area contributed by atoms with Gasteiger partial charge in [0, 0.05) is 32.7 Å². The first-order valence-corrected chi connectivity index (χ1v) is 12.1. The summed E-state index contributed by atoms with van der Waals surface area (Å²) in [7, 11) is 2.84. The first kappa shape index (κ1) is 30.5. The van der Waals surface area contributed by atoms with Crippen LogP contribution in [0.4, 0.5) is 0 Å². The van der Waals surface area contributed by atoms with Crippen molar-refractivity contribution in [2.24, 2.45) is 16.5 Å². The minimum absolute atomic E-state index is 0.0460. The first-order valence-electron chi connectivity index (χ1n) is 12.1. The van der Waals surface area contributed by atoms with Crippen molar-refractivity contribution in [3.63, 3.8) is 0 Å². The van der Waals surface area contributed by atoms with E-state index in [-0.39, 0.29) is 37.6 Å². The number of fused-ring (bicyclic) bond motifs is 2. The Bertz CT molecular complexity index is 1140. The molecule has 0 saturated carbocycles. The lowest BCUT2D eigenvalue weighted by Gasteiger charge is -2.29. The Balaban J connectivity index is 2.36. The van der Waals surface area contributed by atoms with Crippen molar-refractivity contribution < 1.29 is 33.9 Å². The number of nitrogens with one attached hydrogen (secondary N) is 3. The maximum absolute atomic E-state index is 13.0. The minimum Gasteiger partial charge on any atom is -0.481 e. The predicted octanol–water partition coefficient (Wildman–Crippen LogP) is -2.66. The number of hydrogen-bond donors (Lipinski definition) is 6. The Morgan fingerprint density at radius 2 is 1.77 bits per heavy atom. The molecule has 0 fully saturated rings. The molecule has 0 radical (unpaired) electrons. The summed E-state index contributed by atoms with van der Waals surface area (Å²) >= 11 is 0. The maximum Gasteiger partial charge on any atom is 0.305 e. The molecule has 0 saturated heterocycles. The molecule has 0 aliphatic carbocycles. The number of carbonyl (C=O) groups is 6. The van der Waals surface area contributed by atoms with E-state index in [4.69, 9.17) is 11.5 Å². The molecule has 1 heterocycles. The molecule has 2 rings (SSSR count). The van der Waals surface area contributed by atoms with E-state index in [0.717, 1.165) is 0 Å². The Morgan fingerprint density at radius 1 is 1.08 bits per heavy atom. The van der Waals surface area contributed by atoms with Crippen molar-refractivity contribution in [3.05, 3.63) is 35.4 Å². The second-order valence-corrected chi connectivity index (χ2v) is 8.98. The Kier molecular flexibility index (Phi) is 11.2. The predicted molar refractivity (Wildman–Crippen MR) is 139 cm³/mol. The summed E-state index contributed by atoms with van der Waals surface area (Å²) in [5, 5.41) is 16.5. The number of guanidine groups is 1. The van der Waals surface area contributed by atoms with Crippen LogP contribution in [0.3, 0.4) is 0 Å². The van der Waals surface area contributed by atoms with Crippen molar-refractivity contribution in [2.75, 3.05) is 33.7 Å². The van der Waals surface area contributed by atoms with E-state index in [2.05, 4.69) is 20.9 Å². The highest BCUT2D eigenvalue weighted by molar-refractivity contribution is 5.98. The van der Waals surface area contributed by atoms with E-state index in [1.807, 2.05) is 0 Å². The Labute approximate surface area is 225 Å². The summed E-state index contributed by atoms with van der Waals surface area (Å²) in [6.45, 7) is -0.759. The summed E-state index contributed by atoms with van der Waals surface area (Å²) in [4.78, 5) is 81.7. The van der Waals surface area contributed by atoms with Crippen molar-refractivity contribution >= 4 is 41.5 Å². The third kappa shape index (κ3) is 9.60. The minimum atomic E-state index is -1.42. The highest BCUT2D eigenvalue weighted by Gasteiger charge is 2.29. The number of hydrogen-bond acceptors (Lipinski definition) is 7. The van der Waals surface area contributed by atoms with Crippen molar-refractivity contribution in [2.45, 2.75) is 37.9 Å². The van der Waals surface area contributed by atoms with Gasteiger partial charge in [0.05, 0.1) is 19.5 Å². The Hall–Kier alpha value is -4.69. The largest absolute Gasteiger partial charge is 0.481 e. The monoisotopic (exact) mass is 546 g/mol. The fourth-order valence-electron chi connectivity index (χ4n) is 3.82. The van der Waals surface area contributed by atoms with Crippen LogP contribution in [0.1, 0.15) is 35.2 Å². The van der Waals surface area contributed by atoms with Gasteiger partial charge in [-0.1, -0.05) is 12.1 Å². The number of carboxylic acids is 1. The van der Waals surface area contributed by atoms with E-state index < -0.39 is 60.6 Å². The molecule has 8 N–H and O–H groups in total. The smallest absolute Gasteiger partial charge is 0.305 e. The van der Waals surface area contributed by atoms with Crippen LogP contribution in [0.15, 0.2) is 29.3 Å². The van der Waals surface area contributed by atoms with Crippen LogP contribution in [0.5, 0.6) is 0 Å². The highest BCUT2D eigenvalue weighted by atomic mass is 16.4. The van der Waals surface area contributed by atoms with Gasteiger partial charge in [-0.2, -0.15) is 0 Å². The van der Waals surface area contributed by atoms with Crippen LogP contribution in [-0.4, -0.2) is 102 Å². The molecule has 5 amide bonds. The van der Waals surface area contributed by atoms with Gasteiger partial charge in [0.2, 0.25) is 23.6 Å². The van der Waals surface area contributed by atoms with Crippen molar-refractivity contribution in [1.29, 1.82) is 0 Å². The second-order valence-electron chi connectivity index (χ2n) is 8.98. The van der Waals surface area contributed by atoms with Gasteiger partial charge < -0.3 is 42.3 Å². The summed E-state index contributed by atoms with van der Waals surface area (Å²) in [5.74, 6) is -4.67. The zero-order valence-corrected chi connectivity index (χ0v) is 21.8. The van der Waals surface area contributed by atoms with Crippen molar-refractivity contribution in [1.82, 2.24) is 25.8 Å². The summed E-state index contributed by atoms with van der Waals surface area (Å²) in [6, 6.07) is 3.87. The fourth-order valence-corrected chi connectivity index (χ4v) is 3.82. The third-order valence-corrected chi connectivity index (χ3v) is 5.91. The molecule has 0 aromatic heterocycles. The molecule has 1 aromatic rings. The number of likely N-dealkylation sites (N-methyl/N-ethyl adjacent to an activating group) is 2. The molecular formula is C24H34N8O7. The molecule has 212 valence electrons. The average molecular weight is 547 g/mol. The summed E-state index contributed by atoms with van der Waals surface area (Å²) in [5.41, 5.74) is 11.5. The first-order chi connectivity index (χ1) is 18.4. The van der Waals surface area contributed by atoms with Crippen molar-refractivity contribution in [3.8, 4) is 0 Å². The molecule has 0 spiro atoms. The number of aliphatic imine (C=N–C) groups is 1. The number of benzene rings is 1. The molecule has 0 unspecified atom stereocenters. The zero-order valence-electron chi connectivity index (χ0n) is 21.8. The van der Waals surface area contributed by atoms with E-state index in [1.54, 1.807) is 18.2 Å². The molecule has 15 nitrogen and oxygen atoms in total. The standard InChI is InChI=1S/C24H34N8O7/c1-31-13-19(34)32(2)17(7-4-8-27-24(25)26)22(38)29-12-18(33)30-16(10-20(35)36)21(37)28-11-14-5-3-6-15(9-14)23(31)39/h3,5-6,9,16-17H,4,7-8,10-13H2,1-2H3,(H,28,37)(H,29,38)(H,30,33)(H,35,36)(H4,25,26,27)/t16-,17-/m0/s1. The average Bonchev–Trinajstić information content (AvgIpc) is 2.88. The molecule has 15 heteroatoms. The van der Waals surface area contributed by atoms with Gasteiger partial charge in [-0.15, -0.1) is 0 Å². The zero-order chi connectivity index (χ0) is 29.1. The number of aliphatic carboxylic acids is 1. The van der Waals surface area contributed by atoms with Crippen LogP contribution in [-0.2, 0) is 30.5 Å². The lowest BCUT2D eigenvalue weighted by molar-refractivity contribution is -0.141. The van der Waals surface area contributed by atoms with Crippen LogP contribution < -0.4 is 27.4 Å². The van der Waals surface area contributed by atoms with E-state index >= 15 is 0 Å². The second kappa shape index (κ2) is 14.3. The number of amides is 5. The topological polar surface area (TPSA) is 230 Å². The van der Waals surface area contributed by atoms with Crippen LogP contribution >= 0.6 is 0 Å². The molecule has 1 aromatic carbocycles. The normalized spacial score (nSPS) is 19.8. The van der Waals surface area contributed by atoms with Gasteiger partial charge in [-0.05, 0) is 30.5 Å². The van der Waals surface area contributed by atoms with E-state index in [9.17, 15) is 33.9 Å². The molecule has 2 atom stereocenters. The van der Waals surface area contributed by atoms with Gasteiger partial charge in [0.25, 0.3) is 5.91 Å². The molecule has 39 heavy (non-hydrogen) atoms. The Morgan fingerprint density at radius 3 is 2.44 bits per heavy atom. The van der Waals surface area contributed by atoms with Gasteiger partial charge in [0.15, 0.2) is 5.96 Å². The van der Waals surface area contributed by atoms with E-state index in [0.29, 0.717) is 12.0 Å². The van der Waals surface area contributed by atoms with Gasteiger partial charge in [-0.3, -0.25) is 33.8 Å². The number of carboxylic acid groups (broad SMARTS) is 1. The number of nitrogens with two attached hydrogens (primary N) is 2.